The van der Waals surface area contributed by atoms with Crippen molar-refractivity contribution in [1.29, 1.82) is 0 Å². The Labute approximate surface area is 178 Å². The first-order valence-corrected chi connectivity index (χ1v) is 10.9. The fraction of sp³-hybridized carbons (Fsp3) is 0.440. The highest BCUT2D eigenvalue weighted by Gasteiger charge is 2.35. The number of piperidine rings is 1. The summed E-state index contributed by atoms with van der Waals surface area (Å²) in [6.07, 6.45) is 2.75. The predicted molar refractivity (Wildman–Crippen MR) is 118 cm³/mol. The summed E-state index contributed by atoms with van der Waals surface area (Å²) in [6, 6.07) is 12.6. The molecule has 0 radical (unpaired) electrons. The summed E-state index contributed by atoms with van der Waals surface area (Å²) in [5.41, 5.74) is 4.72. The molecule has 0 aromatic heterocycles. The zero-order valence-corrected chi connectivity index (χ0v) is 18.1. The van der Waals surface area contributed by atoms with Gasteiger partial charge in [-0.3, -0.25) is 9.69 Å². The minimum absolute atomic E-state index is 0.0578. The normalized spacial score (nSPS) is 20.5. The van der Waals surface area contributed by atoms with Crippen molar-refractivity contribution in [3.05, 3.63) is 70.5 Å². The van der Waals surface area contributed by atoms with Crippen molar-refractivity contribution in [2.75, 3.05) is 19.6 Å². The van der Waals surface area contributed by atoms with Crippen LogP contribution in [-0.4, -0.2) is 41.2 Å². The van der Waals surface area contributed by atoms with Gasteiger partial charge in [0, 0.05) is 17.5 Å². The Kier molecular flexibility index (Phi) is 6.00. The number of hydrogen-bond donors (Lipinski definition) is 0. The van der Waals surface area contributed by atoms with Crippen molar-refractivity contribution in [3.63, 3.8) is 0 Å². The lowest BCUT2D eigenvalue weighted by Gasteiger charge is -2.31. The van der Waals surface area contributed by atoms with Crippen molar-refractivity contribution in [1.82, 2.24) is 9.91 Å². The molecule has 2 heterocycles. The third-order valence-electron chi connectivity index (χ3n) is 6.36. The average Bonchev–Trinajstić information content (AvgIpc) is 3.15. The number of aryl methyl sites for hydroxylation is 2. The Hall–Kier alpha value is -2.53. The van der Waals surface area contributed by atoms with Gasteiger partial charge in [0.1, 0.15) is 5.82 Å². The van der Waals surface area contributed by atoms with Crippen LogP contribution in [0.25, 0.3) is 0 Å². The van der Waals surface area contributed by atoms with E-state index in [-0.39, 0.29) is 11.7 Å². The molecule has 1 atom stereocenters. The van der Waals surface area contributed by atoms with Crippen molar-refractivity contribution in [3.8, 4) is 0 Å². The van der Waals surface area contributed by atoms with Crippen LogP contribution in [0.5, 0.6) is 0 Å². The van der Waals surface area contributed by atoms with E-state index in [1.807, 2.05) is 6.07 Å². The number of hydrogen-bond acceptors (Lipinski definition) is 3. The fourth-order valence-electron chi connectivity index (χ4n) is 4.51. The molecular weight excluding hydrogens is 377 g/mol. The smallest absolute Gasteiger partial charge is 0.257 e. The summed E-state index contributed by atoms with van der Waals surface area (Å²) in [5.74, 6) is 0.366. The van der Waals surface area contributed by atoms with Gasteiger partial charge in [0.05, 0.1) is 18.3 Å². The molecule has 2 aromatic carbocycles. The van der Waals surface area contributed by atoms with E-state index in [9.17, 15) is 9.18 Å². The molecule has 158 valence electrons. The molecule has 1 amide bonds. The number of likely N-dealkylation sites (tertiary alicyclic amines) is 1. The predicted octanol–water partition coefficient (Wildman–Crippen LogP) is 4.85. The Bertz CT molecular complexity index is 963. The molecule has 2 aromatic rings. The first-order chi connectivity index (χ1) is 14.4. The number of carbonyl (C=O) groups excluding carboxylic acids is 1. The molecule has 0 bridgehead atoms. The van der Waals surface area contributed by atoms with Gasteiger partial charge in [-0.25, -0.2) is 9.40 Å². The van der Waals surface area contributed by atoms with E-state index >= 15 is 0 Å². The SMILES string of the molecule is Cc1ccc(C2=NN(C(=O)CN3CCC(C)CC3)[C@@H](c3ccccc3F)C2)c(C)c1. The monoisotopic (exact) mass is 407 g/mol. The number of benzene rings is 2. The average molecular weight is 408 g/mol. The zero-order chi connectivity index (χ0) is 21.3. The van der Waals surface area contributed by atoms with Crippen LogP contribution in [0.3, 0.4) is 0 Å². The summed E-state index contributed by atoms with van der Waals surface area (Å²) in [5, 5.41) is 6.27. The second-order valence-corrected chi connectivity index (χ2v) is 8.80. The van der Waals surface area contributed by atoms with Gasteiger partial charge in [-0.05, 0) is 57.3 Å². The highest BCUT2D eigenvalue weighted by molar-refractivity contribution is 6.04. The molecule has 0 aliphatic carbocycles. The fourth-order valence-corrected chi connectivity index (χ4v) is 4.51. The van der Waals surface area contributed by atoms with Crippen LogP contribution in [0.2, 0.25) is 0 Å². The van der Waals surface area contributed by atoms with Crippen molar-refractivity contribution >= 4 is 11.6 Å². The van der Waals surface area contributed by atoms with Crippen molar-refractivity contribution in [2.45, 2.75) is 46.1 Å². The lowest BCUT2D eigenvalue weighted by molar-refractivity contribution is -0.134. The maximum absolute atomic E-state index is 14.6. The van der Waals surface area contributed by atoms with Gasteiger partial charge in [0.15, 0.2) is 0 Å². The van der Waals surface area contributed by atoms with E-state index in [0.29, 0.717) is 24.4 Å². The zero-order valence-electron chi connectivity index (χ0n) is 18.1. The van der Waals surface area contributed by atoms with Gasteiger partial charge in [-0.2, -0.15) is 5.10 Å². The van der Waals surface area contributed by atoms with Crippen LogP contribution in [0, 0.1) is 25.6 Å². The van der Waals surface area contributed by atoms with Gasteiger partial charge in [0.25, 0.3) is 5.91 Å². The summed E-state index contributed by atoms with van der Waals surface area (Å²) in [6.45, 7) is 8.57. The standard InChI is InChI=1S/C25H30FN3O/c1-17-10-12-28(13-11-17)16-25(30)29-24(21-6-4-5-7-22(21)26)15-23(27-29)20-9-8-18(2)14-19(20)3/h4-9,14,17,24H,10-13,15-16H2,1-3H3/t24-/m1/s1. The van der Waals surface area contributed by atoms with E-state index in [1.54, 1.807) is 12.1 Å². The maximum Gasteiger partial charge on any atom is 0.257 e. The minimum atomic E-state index is -0.405. The Morgan fingerprint density at radius 1 is 1.13 bits per heavy atom. The molecule has 4 rings (SSSR count). The minimum Gasteiger partial charge on any atom is -0.294 e. The molecular formula is C25H30FN3O. The highest BCUT2D eigenvalue weighted by atomic mass is 19.1. The van der Waals surface area contributed by atoms with Crippen LogP contribution >= 0.6 is 0 Å². The van der Waals surface area contributed by atoms with Crippen LogP contribution in [-0.2, 0) is 4.79 Å². The lowest BCUT2D eigenvalue weighted by atomic mass is 9.95. The second-order valence-electron chi connectivity index (χ2n) is 8.80. The number of rotatable bonds is 4. The lowest BCUT2D eigenvalue weighted by Crippen LogP contribution is -2.41. The molecule has 0 saturated carbocycles. The third kappa shape index (κ3) is 4.31. The van der Waals surface area contributed by atoms with E-state index in [1.165, 1.54) is 16.6 Å². The van der Waals surface area contributed by atoms with Crippen LogP contribution < -0.4 is 0 Å². The van der Waals surface area contributed by atoms with Crippen LogP contribution in [0.4, 0.5) is 4.39 Å². The summed E-state index contributed by atoms with van der Waals surface area (Å²) in [7, 11) is 0. The topological polar surface area (TPSA) is 35.9 Å². The molecule has 0 unspecified atom stereocenters. The molecule has 0 spiro atoms. The molecule has 5 heteroatoms. The van der Waals surface area contributed by atoms with E-state index < -0.39 is 6.04 Å². The summed E-state index contributed by atoms with van der Waals surface area (Å²) < 4.78 is 14.6. The van der Waals surface area contributed by atoms with Gasteiger partial charge in [-0.15, -0.1) is 0 Å². The van der Waals surface area contributed by atoms with Gasteiger partial charge < -0.3 is 0 Å². The Morgan fingerprint density at radius 2 is 1.87 bits per heavy atom. The number of carbonyl (C=O) groups is 1. The third-order valence-corrected chi connectivity index (χ3v) is 6.36. The van der Waals surface area contributed by atoms with Gasteiger partial charge in [0.2, 0.25) is 0 Å². The van der Waals surface area contributed by atoms with Crippen LogP contribution in [0.15, 0.2) is 47.6 Å². The van der Waals surface area contributed by atoms with E-state index in [2.05, 4.69) is 43.9 Å². The van der Waals surface area contributed by atoms with Crippen LogP contribution in [0.1, 0.15) is 54.5 Å². The number of halogens is 1. The van der Waals surface area contributed by atoms with E-state index in [4.69, 9.17) is 5.10 Å². The highest BCUT2D eigenvalue weighted by Crippen LogP contribution is 2.35. The first-order valence-electron chi connectivity index (χ1n) is 10.9. The number of amides is 1. The quantitative estimate of drug-likeness (QED) is 0.726. The Morgan fingerprint density at radius 3 is 2.57 bits per heavy atom. The summed E-state index contributed by atoms with van der Waals surface area (Å²) in [4.78, 5) is 15.5. The molecule has 2 aliphatic rings. The number of hydrazone groups is 1. The number of nitrogens with zero attached hydrogens (tertiary/aromatic N) is 3. The second kappa shape index (κ2) is 8.68. The molecule has 1 saturated heterocycles. The molecule has 4 nitrogen and oxygen atoms in total. The van der Waals surface area contributed by atoms with Crippen molar-refractivity contribution < 1.29 is 9.18 Å². The van der Waals surface area contributed by atoms with Gasteiger partial charge >= 0.3 is 0 Å². The van der Waals surface area contributed by atoms with Crippen molar-refractivity contribution in [2.24, 2.45) is 11.0 Å². The molecule has 2 aliphatic heterocycles. The largest absolute Gasteiger partial charge is 0.294 e. The molecule has 30 heavy (non-hydrogen) atoms. The Balaban J connectivity index is 1.62. The van der Waals surface area contributed by atoms with Gasteiger partial charge in [-0.1, -0.05) is 48.9 Å². The maximum atomic E-state index is 14.6. The molecule has 0 N–H and O–H groups in total. The van der Waals surface area contributed by atoms with E-state index in [0.717, 1.165) is 42.8 Å². The molecule has 1 fully saturated rings. The summed E-state index contributed by atoms with van der Waals surface area (Å²) >= 11 is 0. The first kappa shape index (κ1) is 20.7.